The van der Waals surface area contributed by atoms with Gasteiger partial charge in [0.15, 0.2) is 5.75 Å². The molecule has 0 bridgehead atoms. The smallest absolute Gasteiger partial charge is 0.336 e. The molecule has 0 fully saturated rings. The van der Waals surface area contributed by atoms with Crippen LogP contribution in [0.5, 0.6) is 11.5 Å². The van der Waals surface area contributed by atoms with Crippen molar-refractivity contribution in [3.05, 3.63) is 80.3 Å². The van der Waals surface area contributed by atoms with Crippen molar-refractivity contribution in [2.45, 2.75) is 33.5 Å². The van der Waals surface area contributed by atoms with E-state index in [1.54, 1.807) is 36.0 Å². The summed E-state index contributed by atoms with van der Waals surface area (Å²) in [6.45, 7) is 4.77. The number of nitrogens with zero attached hydrogens (tertiary/aromatic N) is 4. The molecule has 0 amide bonds. The van der Waals surface area contributed by atoms with Crippen LogP contribution in [-0.2, 0) is 19.7 Å². The highest BCUT2D eigenvalue weighted by Crippen LogP contribution is 2.20. The second-order valence-corrected chi connectivity index (χ2v) is 6.95. The van der Waals surface area contributed by atoms with Crippen LogP contribution >= 0.6 is 0 Å². The first-order valence-corrected chi connectivity index (χ1v) is 9.36. The average molecular weight is 408 g/mol. The summed E-state index contributed by atoms with van der Waals surface area (Å²) in [7, 11) is 0. The molecule has 0 atom stereocenters. The Labute approximate surface area is 170 Å². The minimum atomic E-state index is -0.413. The van der Waals surface area contributed by atoms with E-state index >= 15 is 0 Å². The standard InChI is InChI=1S/C21H20N4O5/c1-13-9-18(26)21(28)14(2)25(13)8-7-24-11-16(22-23-24)12-29-17-5-3-15-4-6-20(27)30-19(15)10-17/h3-6,9-11,28H,7-8,12H2,1-2H3. The zero-order chi connectivity index (χ0) is 21.3. The zero-order valence-electron chi connectivity index (χ0n) is 16.5. The Kier molecular flexibility index (Phi) is 5.09. The molecule has 30 heavy (non-hydrogen) atoms. The topological polar surface area (TPSA) is 112 Å². The van der Waals surface area contributed by atoms with Crippen LogP contribution in [0.2, 0.25) is 0 Å². The second-order valence-electron chi connectivity index (χ2n) is 6.95. The third kappa shape index (κ3) is 3.95. The van der Waals surface area contributed by atoms with Crippen LogP contribution in [-0.4, -0.2) is 24.7 Å². The molecular formula is C21H20N4O5. The Morgan fingerprint density at radius 3 is 2.73 bits per heavy atom. The van der Waals surface area contributed by atoms with Crippen LogP contribution in [0.15, 0.2) is 56.6 Å². The van der Waals surface area contributed by atoms with E-state index in [1.807, 2.05) is 17.6 Å². The van der Waals surface area contributed by atoms with Crippen LogP contribution in [0, 0.1) is 13.8 Å². The maximum atomic E-state index is 11.6. The molecule has 154 valence electrons. The van der Waals surface area contributed by atoms with Crippen molar-refractivity contribution in [2.24, 2.45) is 0 Å². The highest BCUT2D eigenvalue weighted by molar-refractivity contribution is 5.77. The first kappa shape index (κ1) is 19.4. The van der Waals surface area contributed by atoms with Gasteiger partial charge >= 0.3 is 5.63 Å². The number of aromatic nitrogens is 4. The van der Waals surface area contributed by atoms with E-state index in [9.17, 15) is 14.7 Å². The summed E-state index contributed by atoms with van der Waals surface area (Å²) in [4.78, 5) is 23.0. The van der Waals surface area contributed by atoms with Crippen molar-refractivity contribution >= 4 is 11.0 Å². The van der Waals surface area contributed by atoms with Crippen molar-refractivity contribution in [1.29, 1.82) is 0 Å². The van der Waals surface area contributed by atoms with E-state index in [4.69, 9.17) is 9.15 Å². The normalized spacial score (nSPS) is 11.1. The third-order valence-corrected chi connectivity index (χ3v) is 4.87. The molecule has 9 nitrogen and oxygen atoms in total. The molecule has 1 N–H and O–H groups in total. The number of benzene rings is 1. The lowest BCUT2D eigenvalue weighted by molar-refractivity contribution is 0.301. The van der Waals surface area contributed by atoms with Gasteiger partial charge in [-0.1, -0.05) is 5.21 Å². The summed E-state index contributed by atoms with van der Waals surface area (Å²) in [5, 5.41) is 18.9. The summed E-state index contributed by atoms with van der Waals surface area (Å²) in [6, 6.07) is 9.75. The van der Waals surface area contributed by atoms with Gasteiger partial charge in [0.05, 0.1) is 18.4 Å². The Morgan fingerprint density at radius 2 is 1.90 bits per heavy atom. The Morgan fingerprint density at radius 1 is 1.10 bits per heavy atom. The fourth-order valence-corrected chi connectivity index (χ4v) is 3.26. The first-order chi connectivity index (χ1) is 14.4. The van der Waals surface area contributed by atoms with Gasteiger partial charge in [0.25, 0.3) is 0 Å². The molecule has 3 aromatic heterocycles. The van der Waals surface area contributed by atoms with E-state index in [2.05, 4.69) is 10.3 Å². The molecule has 0 saturated heterocycles. The number of rotatable bonds is 6. The van der Waals surface area contributed by atoms with Crippen molar-refractivity contribution < 1.29 is 14.3 Å². The molecule has 0 saturated carbocycles. The molecule has 4 aromatic rings. The molecule has 3 heterocycles. The van der Waals surface area contributed by atoms with Gasteiger partial charge in [-0.3, -0.25) is 9.48 Å². The van der Waals surface area contributed by atoms with Crippen LogP contribution in [0.4, 0.5) is 0 Å². The maximum absolute atomic E-state index is 11.6. The summed E-state index contributed by atoms with van der Waals surface area (Å²) in [5.74, 6) is 0.320. The fraction of sp³-hybridized carbons (Fsp3) is 0.238. The average Bonchev–Trinajstić information content (AvgIpc) is 3.18. The number of aryl methyl sites for hydroxylation is 2. The molecule has 0 spiro atoms. The lowest BCUT2D eigenvalue weighted by Gasteiger charge is -2.15. The maximum Gasteiger partial charge on any atom is 0.336 e. The van der Waals surface area contributed by atoms with E-state index in [0.29, 0.717) is 35.8 Å². The lowest BCUT2D eigenvalue weighted by Crippen LogP contribution is -2.17. The summed E-state index contributed by atoms with van der Waals surface area (Å²) < 4.78 is 14.4. The summed E-state index contributed by atoms with van der Waals surface area (Å²) in [6.07, 6.45) is 1.77. The monoisotopic (exact) mass is 408 g/mol. The first-order valence-electron chi connectivity index (χ1n) is 9.36. The number of ether oxygens (including phenoxy) is 1. The van der Waals surface area contributed by atoms with Crippen molar-refractivity contribution in [1.82, 2.24) is 19.6 Å². The van der Waals surface area contributed by atoms with Crippen LogP contribution < -0.4 is 15.8 Å². The van der Waals surface area contributed by atoms with Crippen molar-refractivity contribution in [3.8, 4) is 11.5 Å². The van der Waals surface area contributed by atoms with E-state index in [0.717, 1.165) is 11.1 Å². The van der Waals surface area contributed by atoms with E-state index < -0.39 is 5.63 Å². The largest absolute Gasteiger partial charge is 0.503 e. The van der Waals surface area contributed by atoms with Gasteiger partial charge in [-0.25, -0.2) is 4.79 Å². The van der Waals surface area contributed by atoms with Gasteiger partial charge in [0.2, 0.25) is 5.43 Å². The highest BCUT2D eigenvalue weighted by Gasteiger charge is 2.10. The number of aromatic hydroxyl groups is 1. The molecule has 0 radical (unpaired) electrons. The number of hydrogen-bond donors (Lipinski definition) is 1. The van der Waals surface area contributed by atoms with Gasteiger partial charge in [-0.15, -0.1) is 5.10 Å². The number of fused-ring (bicyclic) bond motifs is 1. The molecule has 0 aliphatic rings. The van der Waals surface area contributed by atoms with Crippen molar-refractivity contribution in [3.63, 3.8) is 0 Å². The zero-order valence-corrected chi connectivity index (χ0v) is 16.5. The van der Waals surface area contributed by atoms with E-state index in [1.165, 1.54) is 12.1 Å². The van der Waals surface area contributed by atoms with Gasteiger partial charge in [-0.05, 0) is 32.0 Å². The predicted molar refractivity (Wildman–Crippen MR) is 109 cm³/mol. The minimum absolute atomic E-state index is 0.208. The number of pyridine rings is 1. The van der Waals surface area contributed by atoms with Crippen LogP contribution in [0.25, 0.3) is 11.0 Å². The molecule has 9 heteroatoms. The Bertz CT molecular complexity index is 1340. The van der Waals surface area contributed by atoms with Gasteiger partial charge in [-0.2, -0.15) is 0 Å². The predicted octanol–water partition coefficient (Wildman–Crippen LogP) is 2.15. The molecule has 0 unspecified atom stereocenters. The molecule has 4 rings (SSSR count). The second kappa shape index (κ2) is 7.86. The fourth-order valence-electron chi connectivity index (χ4n) is 3.26. The summed E-state index contributed by atoms with van der Waals surface area (Å²) in [5.41, 5.74) is 1.59. The van der Waals surface area contributed by atoms with Gasteiger partial charge in [0, 0.05) is 35.8 Å². The molecule has 0 aliphatic heterocycles. The Hall–Kier alpha value is -3.88. The number of hydrogen-bond acceptors (Lipinski definition) is 7. The molecular weight excluding hydrogens is 388 g/mol. The van der Waals surface area contributed by atoms with Gasteiger partial charge in [0.1, 0.15) is 23.6 Å². The lowest BCUT2D eigenvalue weighted by atomic mass is 10.2. The Balaban J connectivity index is 1.41. The summed E-state index contributed by atoms with van der Waals surface area (Å²) >= 11 is 0. The minimum Gasteiger partial charge on any atom is -0.503 e. The molecule has 0 aliphatic carbocycles. The quantitative estimate of drug-likeness (QED) is 0.487. The van der Waals surface area contributed by atoms with Crippen molar-refractivity contribution in [2.75, 3.05) is 0 Å². The SMILES string of the molecule is Cc1cc(=O)c(O)c(C)n1CCn1cc(COc2ccc3ccc(=O)oc3c2)nn1. The van der Waals surface area contributed by atoms with Crippen LogP contribution in [0.1, 0.15) is 17.1 Å². The van der Waals surface area contributed by atoms with Gasteiger partial charge < -0.3 is 18.8 Å². The molecule has 1 aromatic carbocycles. The van der Waals surface area contributed by atoms with Crippen LogP contribution in [0.3, 0.4) is 0 Å². The highest BCUT2D eigenvalue weighted by atomic mass is 16.5. The van der Waals surface area contributed by atoms with E-state index in [-0.39, 0.29) is 17.8 Å². The third-order valence-electron chi connectivity index (χ3n) is 4.87.